The second kappa shape index (κ2) is 12.1. The zero-order valence-corrected chi connectivity index (χ0v) is 17.4. The molecule has 0 saturated carbocycles. The maximum atomic E-state index is 14.2. The maximum Gasteiger partial charge on any atom is 0.327 e. The van der Waals surface area contributed by atoms with Crippen molar-refractivity contribution in [1.29, 1.82) is 0 Å². The van der Waals surface area contributed by atoms with Crippen LogP contribution in [0.1, 0.15) is 71.3 Å². The molecule has 1 atom stereocenters. The average molecular weight is 411 g/mol. The Hall–Kier alpha value is -2.51. The summed E-state index contributed by atoms with van der Waals surface area (Å²) in [7, 11) is 0. The van der Waals surface area contributed by atoms with Crippen molar-refractivity contribution >= 4 is 17.6 Å². The quantitative estimate of drug-likeness (QED) is 0.151. The van der Waals surface area contributed by atoms with Gasteiger partial charge in [-0.05, 0) is 31.4 Å². The Morgan fingerprint density at radius 2 is 1.52 bits per heavy atom. The summed E-state index contributed by atoms with van der Waals surface area (Å²) in [5.41, 5.74) is -2.69. The van der Waals surface area contributed by atoms with E-state index < -0.39 is 33.8 Å². The molecule has 162 valence electrons. The largest absolute Gasteiger partial charge is 0.465 e. The Balaban J connectivity index is 3.07. The minimum absolute atomic E-state index is 0.0420. The number of nitro groups is 1. The highest BCUT2D eigenvalue weighted by Crippen LogP contribution is 2.31. The second-order valence-electron chi connectivity index (χ2n) is 7.09. The SMILES string of the molecule is CCCCCCOC(=O)C(C)(C(=O)OCCCCC)c1ccc([N+](=O)[O-])c(F)c1. The molecule has 1 rings (SSSR count). The van der Waals surface area contributed by atoms with Crippen LogP contribution < -0.4 is 0 Å². The summed E-state index contributed by atoms with van der Waals surface area (Å²) in [6.07, 6.45) is 5.99. The lowest BCUT2D eigenvalue weighted by Crippen LogP contribution is -2.44. The lowest BCUT2D eigenvalue weighted by molar-refractivity contribution is -0.387. The number of nitrogens with zero attached hydrogens (tertiary/aromatic N) is 1. The summed E-state index contributed by atoms with van der Waals surface area (Å²) in [6.45, 7) is 5.61. The van der Waals surface area contributed by atoms with Crippen LogP contribution in [0.4, 0.5) is 10.1 Å². The van der Waals surface area contributed by atoms with Gasteiger partial charge in [0, 0.05) is 6.07 Å². The highest BCUT2D eigenvalue weighted by atomic mass is 19.1. The van der Waals surface area contributed by atoms with E-state index in [4.69, 9.17) is 9.47 Å². The minimum atomic E-state index is -1.91. The molecule has 7 nitrogen and oxygen atoms in total. The molecule has 0 aliphatic carbocycles. The van der Waals surface area contributed by atoms with Gasteiger partial charge in [-0.15, -0.1) is 0 Å². The van der Waals surface area contributed by atoms with Crippen molar-refractivity contribution in [2.45, 2.75) is 71.1 Å². The van der Waals surface area contributed by atoms with Gasteiger partial charge in [-0.2, -0.15) is 4.39 Å². The molecule has 0 N–H and O–H groups in total. The summed E-state index contributed by atoms with van der Waals surface area (Å²) >= 11 is 0. The Labute approximate surface area is 170 Å². The van der Waals surface area contributed by atoms with Crippen LogP contribution >= 0.6 is 0 Å². The predicted molar refractivity (Wildman–Crippen MR) is 106 cm³/mol. The van der Waals surface area contributed by atoms with E-state index in [9.17, 15) is 24.1 Å². The van der Waals surface area contributed by atoms with Gasteiger partial charge in [0.2, 0.25) is 5.82 Å². The van der Waals surface area contributed by atoms with Gasteiger partial charge in [0.25, 0.3) is 0 Å². The van der Waals surface area contributed by atoms with Gasteiger partial charge in [0.05, 0.1) is 18.1 Å². The van der Waals surface area contributed by atoms with E-state index in [-0.39, 0.29) is 18.8 Å². The molecule has 0 fully saturated rings. The van der Waals surface area contributed by atoms with Crippen LogP contribution in [0.2, 0.25) is 0 Å². The fourth-order valence-corrected chi connectivity index (χ4v) is 2.78. The third-order valence-electron chi connectivity index (χ3n) is 4.75. The Morgan fingerprint density at radius 1 is 1.00 bits per heavy atom. The summed E-state index contributed by atoms with van der Waals surface area (Å²) in [5.74, 6) is -2.85. The van der Waals surface area contributed by atoms with Crippen LogP contribution in [0, 0.1) is 15.9 Å². The third kappa shape index (κ3) is 6.80. The standard InChI is InChI=1S/C21H30FNO6/c1-4-6-8-10-14-29-20(25)21(3,19(24)28-13-9-7-5-2)16-11-12-18(23(26)27)17(22)15-16/h11-12,15H,4-10,13-14H2,1-3H3. The minimum Gasteiger partial charge on any atom is -0.465 e. The molecule has 8 heteroatoms. The molecule has 0 spiro atoms. The van der Waals surface area contributed by atoms with Gasteiger partial charge < -0.3 is 9.47 Å². The Morgan fingerprint density at radius 3 is 2.00 bits per heavy atom. The van der Waals surface area contributed by atoms with E-state index in [2.05, 4.69) is 6.92 Å². The number of carbonyl (C=O) groups is 2. The molecule has 1 unspecified atom stereocenters. The van der Waals surface area contributed by atoms with Crippen molar-refractivity contribution in [1.82, 2.24) is 0 Å². The van der Waals surface area contributed by atoms with Crippen LogP contribution in [0.3, 0.4) is 0 Å². The number of hydrogen-bond donors (Lipinski definition) is 0. The van der Waals surface area contributed by atoms with Crippen molar-refractivity contribution in [2.24, 2.45) is 0 Å². The van der Waals surface area contributed by atoms with Gasteiger partial charge >= 0.3 is 17.6 Å². The summed E-state index contributed by atoms with van der Waals surface area (Å²) in [6, 6.07) is 2.94. The number of unbranched alkanes of at least 4 members (excludes halogenated alkanes) is 5. The Kier molecular flexibility index (Phi) is 10.3. The summed E-state index contributed by atoms with van der Waals surface area (Å²) in [5, 5.41) is 10.9. The number of carbonyl (C=O) groups excluding carboxylic acids is 2. The third-order valence-corrected chi connectivity index (χ3v) is 4.75. The first-order chi connectivity index (χ1) is 13.8. The van der Waals surface area contributed by atoms with E-state index in [1.54, 1.807) is 0 Å². The Bertz CT molecular complexity index is 708. The number of hydrogen-bond acceptors (Lipinski definition) is 6. The summed E-state index contributed by atoms with van der Waals surface area (Å²) in [4.78, 5) is 35.5. The normalized spacial score (nSPS) is 12.8. The van der Waals surface area contributed by atoms with Crippen molar-refractivity contribution in [3.63, 3.8) is 0 Å². The van der Waals surface area contributed by atoms with E-state index in [0.717, 1.165) is 44.2 Å². The van der Waals surface area contributed by atoms with Crippen LogP contribution in [0.15, 0.2) is 18.2 Å². The van der Waals surface area contributed by atoms with Crippen LogP contribution in [-0.2, 0) is 24.5 Å². The molecule has 0 saturated heterocycles. The second-order valence-corrected chi connectivity index (χ2v) is 7.09. The van der Waals surface area contributed by atoms with Gasteiger partial charge in [-0.3, -0.25) is 19.7 Å². The monoisotopic (exact) mass is 411 g/mol. The number of nitro benzene ring substituents is 1. The molecule has 1 aromatic carbocycles. The van der Waals surface area contributed by atoms with E-state index in [1.807, 2.05) is 6.92 Å². The number of esters is 2. The van der Waals surface area contributed by atoms with Crippen LogP contribution in [0.5, 0.6) is 0 Å². The number of benzene rings is 1. The number of ether oxygens (including phenoxy) is 2. The van der Waals surface area contributed by atoms with Crippen molar-refractivity contribution in [3.8, 4) is 0 Å². The lowest BCUT2D eigenvalue weighted by Gasteiger charge is -2.26. The molecule has 0 aromatic heterocycles. The molecule has 0 aliphatic heterocycles. The smallest absolute Gasteiger partial charge is 0.327 e. The highest BCUT2D eigenvalue weighted by Gasteiger charge is 2.47. The molecular weight excluding hydrogens is 381 g/mol. The molecule has 0 bridgehead atoms. The molecule has 0 heterocycles. The maximum absolute atomic E-state index is 14.2. The molecule has 29 heavy (non-hydrogen) atoms. The fourth-order valence-electron chi connectivity index (χ4n) is 2.78. The van der Waals surface area contributed by atoms with Crippen molar-refractivity contribution in [3.05, 3.63) is 39.7 Å². The molecule has 0 aliphatic rings. The van der Waals surface area contributed by atoms with Gasteiger partial charge in [-0.1, -0.05) is 52.0 Å². The topological polar surface area (TPSA) is 95.7 Å². The van der Waals surface area contributed by atoms with E-state index in [1.165, 1.54) is 13.0 Å². The zero-order valence-electron chi connectivity index (χ0n) is 17.4. The number of halogens is 1. The van der Waals surface area contributed by atoms with E-state index in [0.29, 0.717) is 12.8 Å². The lowest BCUT2D eigenvalue weighted by atomic mass is 9.82. The zero-order chi connectivity index (χ0) is 21.9. The fraction of sp³-hybridized carbons (Fsp3) is 0.619. The molecular formula is C21H30FNO6. The van der Waals surface area contributed by atoms with Gasteiger partial charge in [-0.25, -0.2) is 0 Å². The van der Waals surface area contributed by atoms with Crippen LogP contribution in [-0.4, -0.2) is 30.1 Å². The summed E-state index contributed by atoms with van der Waals surface area (Å²) < 4.78 is 24.7. The predicted octanol–water partition coefficient (Wildman–Crippen LogP) is 4.85. The van der Waals surface area contributed by atoms with Crippen LogP contribution in [0.25, 0.3) is 0 Å². The van der Waals surface area contributed by atoms with E-state index >= 15 is 0 Å². The number of rotatable bonds is 13. The highest BCUT2D eigenvalue weighted by molar-refractivity contribution is 6.05. The first-order valence-electron chi connectivity index (χ1n) is 10.1. The molecule has 0 radical (unpaired) electrons. The average Bonchev–Trinajstić information content (AvgIpc) is 2.69. The van der Waals surface area contributed by atoms with Gasteiger partial charge in [0.1, 0.15) is 0 Å². The molecule has 0 amide bonds. The first-order valence-corrected chi connectivity index (χ1v) is 10.1. The van der Waals surface area contributed by atoms with Crippen molar-refractivity contribution < 1.29 is 28.4 Å². The van der Waals surface area contributed by atoms with Crippen molar-refractivity contribution in [2.75, 3.05) is 13.2 Å². The first kappa shape index (κ1) is 24.5. The molecule has 1 aromatic rings. The van der Waals surface area contributed by atoms with Gasteiger partial charge in [0.15, 0.2) is 5.41 Å².